The molecule has 9 nitrogen and oxygen atoms in total. The second-order valence-corrected chi connectivity index (χ2v) is 11.5. The zero-order valence-electron chi connectivity index (χ0n) is 26.1. The second kappa shape index (κ2) is 14.0. The van der Waals surface area contributed by atoms with Crippen molar-refractivity contribution in [1.82, 2.24) is 19.2 Å². The van der Waals surface area contributed by atoms with Crippen LogP contribution in [0.15, 0.2) is 53.3 Å². The summed E-state index contributed by atoms with van der Waals surface area (Å²) in [4.78, 5) is 31.4. The fourth-order valence-corrected chi connectivity index (χ4v) is 6.29. The van der Waals surface area contributed by atoms with Crippen molar-refractivity contribution in [2.24, 2.45) is 0 Å². The van der Waals surface area contributed by atoms with Crippen LogP contribution in [0.2, 0.25) is 0 Å². The van der Waals surface area contributed by atoms with Gasteiger partial charge in [0.05, 0.1) is 30.0 Å². The van der Waals surface area contributed by atoms with Gasteiger partial charge >= 0.3 is 5.97 Å². The summed E-state index contributed by atoms with van der Waals surface area (Å²) in [5.41, 5.74) is 5.12. The summed E-state index contributed by atoms with van der Waals surface area (Å²) < 4.78 is 15.1. The minimum atomic E-state index is -0.565. The van der Waals surface area contributed by atoms with Gasteiger partial charge in [-0.05, 0) is 75.1 Å². The molecule has 5 rings (SSSR count). The maximum Gasteiger partial charge on any atom is 0.335 e. The van der Waals surface area contributed by atoms with E-state index in [1.165, 1.54) is 0 Å². The lowest BCUT2D eigenvalue weighted by Crippen LogP contribution is -2.37. The Hall–Kier alpha value is -4.29. The van der Waals surface area contributed by atoms with E-state index >= 15 is 0 Å². The zero-order valence-corrected chi connectivity index (χ0v) is 26.1. The molecule has 0 radical (unpaired) electrons. The Morgan fingerprint density at radius 1 is 1.07 bits per heavy atom. The van der Waals surface area contributed by atoms with E-state index in [0.29, 0.717) is 43.0 Å². The number of carbonyl (C=O) groups excluding carboxylic acids is 1. The average Bonchev–Trinajstić information content (AvgIpc) is 3.43. The third-order valence-electron chi connectivity index (χ3n) is 8.46. The maximum absolute atomic E-state index is 14.4. The molecular weight excluding hydrogens is 554 g/mol. The fraction of sp³-hybridized carbons (Fsp3) is 0.457. The van der Waals surface area contributed by atoms with Gasteiger partial charge in [0, 0.05) is 18.0 Å². The van der Waals surface area contributed by atoms with Crippen molar-refractivity contribution in [1.29, 1.82) is 5.26 Å². The molecule has 0 amide bonds. The molecular formula is C35H41N5O4. The number of hydrogen-bond acceptors (Lipinski definition) is 7. The number of nitrogens with zero attached hydrogens (tertiary/aromatic N) is 5. The first kappa shape index (κ1) is 31.1. The largest absolute Gasteiger partial charge is 0.464 e. The summed E-state index contributed by atoms with van der Waals surface area (Å²) in [6.45, 7) is 8.02. The van der Waals surface area contributed by atoms with Crippen molar-refractivity contribution in [3.63, 3.8) is 0 Å². The first-order chi connectivity index (χ1) is 21.4. The normalized spacial score (nSPS) is 17.3. The Kier molecular flexibility index (Phi) is 9.91. The fourth-order valence-electron chi connectivity index (χ4n) is 6.29. The lowest BCUT2D eigenvalue weighted by molar-refractivity contribution is -0.162. The van der Waals surface area contributed by atoms with Gasteiger partial charge in [-0.25, -0.2) is 9.31 Å². The Balaban J connectivity index is 1.45. The van der Waals surface area contributed by atoms with Gasteiger partial charge in [0.1, 0.15) is 5.82 Å². The van der Waals surface area contributed by atoms with E-state index in [1.807, 2.05) is 71.5 Å². The molecule has 1 atom stereocenters. The number of aromatic nitrogens is 4. The van der Waals surface area contributed by atoms with E-state index in [-0.39, 0.29) is 23.7 Å². The Morgan fingerprint density at radius 3 is 2.45 bits per heavy atom. The quantitative estimate of drug-likeness (QED) is 0.192. The zero-order chi connectivity index (χ0) is 31.2. The number of ether oxygens (including phenoxy) is 2. The minimum Gasteiger partial charge on any atom is -0.464 e. The Morgan fingerprint density at radius 2 is 1.80 bits per heavy atom. The van der Waals surface area contributed by atoms with Crippen LogP contribution in [0, 0.1) is 18.3 Å². The number of rotatable bonds is 11. The van der Waals surface area contributed by atoms with Crippen molar-refractivity contribution in [2.75, 3.05) is 6.61 Å². The number of carbonyl (C=O) groups is 1. The molecule has 230 valence electrons. The monoisotopic (exact) mass is 595 g/mol. The van der Waals surface area contributed by atoms with Crippen molar-refractivity contribution in [3.05, 3.63) is 87.1 Å². The van der Waals surface area contributed by atoms with E-state index in [4.69, 9.17) is 19.6 Å². The molecule has 0 N–H and O–H groups in total. The molecule has 1 aliphatic carbocycles. The topological polar surface area (TPSA) is 112 Å². The third kappa shape index (κ3) is 6.46. The molecule has 0 spiro atoms. The highest BCUT2D eigenvalue weighted by molar-refractivity contribution is 5.74. The summed E-state index contributed by atoms with van der Waals surface area (Å²) in [5.74, 6) is 0.906. The number of hydrogen-bond donors (Lipinski definition) is 0. The number of benzene rings is 2. The molecule has 1 unspecified atom stereocenters. The molecule has 4 aromatic rings. The minimum absolute atomic E-state index is 0.0189. The van der Waals surface area contributed by atoms with E-state index in [9.17, 15) is 14.9 Å². The highest BCUT2D eigenvalue weighted by Gasteiger charge is 2.31. The van der Waals surface area contributed by atoms with Crippen LogP contribution in [0.1, 0.15) is 93.5 Å². The summed E-state index contributed by atoms with van der Waals surface area (Å²) in [6, 6.07) is 17.9. The highest BCUT2D eigenvalue weighted by atomic mass is 16.6. The molecule has 0 aliphatic heterocycles. The average molecular weight is 596 g/mol. The molecule has 0 saturated heterocycles. The Labute approximate surface area is 258 Å². The molecule has 1 aliphatic rings. The van der Waals surface area contributed by atoms with Crippen LogP contribution >= 0.6 is 0 Å². The number of nitriles is 1. The predicted octanol–water partition coefficient (Wildman–Crippen LogP) is 6.12. The molecule has 1 fully saturated rings. The molecule has 2 aromatic carbocycles. The number of aryl methyl sites for hydroxylation is 2. The van der Waals surface area contributed by atoms with Crippen LogP contribution in [0.25, 0.3) is 16.9 Å². The maximum atomic E-state index is 14.4. The van der Waals surface area contributed by atoms with Gasteiger partial charge < -0.3 is 9.47 Å². The van der Waals surface area contributed by atoms with Crippen LogP contribution in [-0.2, 0) is 27.1 Å². The SMILES string of the molecule is CCCc1c(Cc2ccc(-c3ccccc3C#N)cc2)c(=O)n([C@H]2CC[C@H](OC(CC)C(=O)OCC)CC2)c2nc(C)nn12. The summed E-state index contributed by atoms with van der Waals surface area (Å²) in [7, 11) is 0. The standard InChI is InChI=1S/C35H41N5O4/c1-5-10-31-30(21-24-13-15-25(16-14-24)29-12-9-8-11-26(29)22-36)33(41)39(35-37-23(4)38-40(31)35)27-17-19-28(20-18-27)44-32(6-2)34(42)43-7-3/h8-9,11-16,27-28,32H,5-7,10,17-21H2,1-4H3/t27-,28-,32?. The van der Waals surface area contributed by atoms with Gasteiger partial charge in [-0.2, -0.15) is 15.3 Å². The van der Waals surface area contributed by atoms with Crippen LogP contribution < -0.4 is 5.56 Å². The van der Waals surface area contributed by atoms with Crippen molar-refractivity contribution in [2.45, 2.75) is 97.3 Å². The molecule has 9 heteroatoms. The molecule has 1 saturated carbocycles. The van der Waals surface area contributed by atoms with E-state index in [2.05, 4.69) is 13.0 Å². The Bertz CT molecular complexity index is 1710. The van der Waals surface area contributed by atoms with Crippen molar-refractivity contribution < 1.29 is 14.3 Å². The van der Waals surface area contributed by atoms with Gasteiger partial charge in [0.25, 0.3) is 5.56 Å². The second-order valence-electron chi connectivity index (χ2n) is 11.5. The van der Waals surface area contributed by atoms with Crippen LogP contribution in [-0.4, -0.2) is 43.9 Å². The van der Waals surface area contributed by atoms with E-state index in [1.54, 1.807) is 6.92 Å². The molecule has 2 aromatic heterocycles. The highest BCUT2D eigenvalue weighted by Crippen LogP contribution is 2.32. The third-order valence-corrected chi connectivity index (χ3v) is 8.46. The first-order valence-electron chi connectivity index (χ1n) is 15.8. The number of esters is 1. The van der Waals surface area contributed by atoms with Gasteiger partial charge in [0.15, 0.2) is 6.10 Å². The van der Waals surface area contributed by atoms with Crippen LogP contribution in [0.5, 0.6) is 0 Å². The molecule has 44 heavy (non-hydrogen) atoms. The van der Waals surface area contributed by atoms with Crippen LogP contribution in [0.3, 0.4) is 0 Å². The van der Waals surface area contributed by atoms with Gasteiger partial charge in [-0.3, -0.25) is 9.36 Å². The van der Waals surface area contributed by atoms with Crippen LogP contribution in [0.4, 0.5) is 0 Å². The summed E-state index contributed by atoms with van der Waals surface area (Å²) in [6.07, 6.45) is 4.95. The lowest BCUT2D eigenvalue weighted by atomic mass is 9.92. The van der Waals surface area contributed by atoms with E-state index in [0.717, 1.165) is 60.1 Å². The lowest BCUT2D eigenvalue weighted by Gasteiger charge is -2.32. The van der Waals surface area contributed by atoms with Gasteiger partial charge in [-0.15, -0.1) is 0 Å². The van der Waals surface area contributed by atoms with E-state index < -0.39 is 6.10 Å². The first-order valence-corrected chi connectivity index (χ1v) is 15.8. The molecule has 0 bridgehead atoms. The van der Waals surface area contributed by atoms with Crippen molar-refractivity contribution >= 4 is 11.7 Å². The predicted molar refractivity (Wildman–Crippen MR) is 168 cm³/mol. The summed E-state index contributed by atoms with van der Waals surface area (Å²) >= 11 is 0. The smallest absolute Gasteiger partial charge is 0.335 e. The van der Waals surface area contributed by atoms with Gasteiger partial charge in [0.2, 0.25) is 5.78 Å². The van der Waals surface area contributed by atoms with Crippen molar-refractivity contribution in [3.8, 4) is 17.2 Å². The number of fused-ring (bicyclic) bond motifs is 1. The molecule has 2 heterocycles. The summed E-state index contributed by atoms with van der Waals surface area (Å²) in [5, 5.41) is 14.3. The van der Waals surface area contributed by atoms with Gasteiger partial charge in [-0.1, -0.05) is 62.7 Å².